The van der Waals surface area contributed by atoms with Gasteiger partial charge in [0.25, 0.3) is 0 Å². The first-order chi connectivity index (χ1) is 31.7. The minimum atomic E-state index is 0.922. The molecule has 0 saturated heterocycles. The average Bonchev–Trinajstić information content (AvgIpc) is 4.19. The van der Waals surface area contributed by atoms with Gasteiger partial charge < -0.3 is 8.98 Å². The highest BCUT2D eigenvalue weighted by Crippen LogP contribution is 2.42. The molecule has 9 aromatic carbocycles. The Labute approximate surface area is 378 Å². The molecule has 0 aliphatic rings. The van der Waals surface area contributed by atoms with Crippen LogP contribution in [-0.4, -0.2) is 4.57 Å². The van der Waals surface area contributed by atoms with E-state index in [1.807, 2.05) is 34.8 Å². The van der Waals surface area contributed by atoms with Crippen LogP contribution in [0, 0.1) is 0 Å². The van der Waals surface area contributed by atoms with Crippen molar-refractivity contribution in [1.29, 1.82) is 0 Å². The average molecular weight is 852 g/mol. The van der Waals surface area contributed by atoms with Gasteiger partial charge in [-0.05, 0) is 140 Å². The normalized spacial score (nSPS) is 11.8. The zero-order chi connectivity index (χ0) is 42.1. The molecule has 0 saturated carbocycles. The van der Waals surface area contributed by atoms with E-state index in [9.17, 15) is 0 Å². The summed E-state index contributed by atoms with van der Waals surface area (Å²) < 4.78 is 8.44. The third-order valence-corrected chi connectivity index (χ3v) is 15.2. The van der Waals surface area contributed by atoms with Gasteiger partial charge in [-0.3, -0.25) is 0 Å². The molecule has 0 radical (unpaired) electrons. The number of hydrogen-bond donors (Lipinski definition) is 0. The minimum Gasteiger partial charge on any atom is -0.456 e. The lowest BCUT2D eigenvalue weighted by atomic mass is 9.96. The molecule has 4 aromatic heterocycles. The van der Waals surface area contributed by atoms with Gasteiger partial charge in [0, 0.05) is 46.7 Å². The van der Waals surface area contributed by atoms with Crippen LogP contribution in [0.25, 0.3) is 124 Å². The van der Waals surface area contributed by atoms with Gasteiger partial charge >= 0.3 is 0 Å². The summed E-state index contributed by atoms with van der Waals surface area (Å²) in [7, 11) is 0. The Bertz CT molecular complexity index is 3880. The topological polar surface area (TPSA) is 18.1 Å². The van der Waals surface area contributed by atoms with Crippen LogP contribution in [0.4, 0.5) is 0 Å². The van der Waals surface area contributed by atoms with E-state index < -0.39 is 0 Å². The zero-order valence-corrected chi connectivity index (χ0v) is 36.2. The van der Waals surface area contributed by atoms with Gasteiger partial charge in [-0.2, -0.15) is 0 Å². The lowest BCUT2D eigenvalue weighted by Crippen LogP contribution is -1.92. The number of fused-ring (bicyclic) bond motifs is 7. The molecule has 0 N–H and O–H groups in total. The Morgan fingerprint density at radius 2 is 0.734 bits per heavy atom. The molecule has 64 heavy (non-hydrogen) atoms. The van der Waals surface area contributed by atoms with E-state index in [0.29, 0.717) is 0 Å². The van der Waals surface area contributed by atoms with Crippen molar-refractivity contribution in [3.05, 3.63) is 224 Å². The Morgan fingerprint density at radius 1 is 0.281 bits per heavy atom. The highest BCUT2D eigenvalue weighted by molar-refractivity contribution is 7.25. The minimum absolute atomic E-state index is 0.922. The second kappa shape index (κ2) is 15.0. The van der Waals surface area contributed by atoms with Crippen molar-refractivity contribution in [2.45, 2.75) is 0 Å². The molecule has 0 aliphatic carbocycles. The van der Waals surface area contributed by atoms with Crippen LogP contribution in [0.3, 0.4) is 0 Å². The van der Waals surface area contributed by atoms with Gasteiger partial charge in [0.2, 0.25) is 0 Å². The van der Waals surface area contributed by atoms with E-state index in [2.05, 4.69) is 217 Å². The summed E-state index contributed by atoms with van der Waals surface area (Å²) in [6.45, 7) is 0. The fourth-order valence-electron chi connectivity index (χ4n) is 9.42. The molecule has 0 aliphatic heterocycles. The number of benzene rings is 9. The van der Waals surface area contributed by atoms with Crippen LogP contribution in [0.2, 0.25) is 0 Å². The first kappa shape index (κ1) is 36.9. The van der Waals surface area contributed by atoms with Crippen LogP contribution in [0.1, 0.15) is 0 Å². The summed E-state index contributed by atoms with van der Waals surface area (Å²) in [5, 5.41) is 7.30. The summed E-state index contributed by atoms with van der Waals surface area (Å²) in [6.07, 6.45) is 0. The molecule has 4 heterocycles. The van der Waals surface area contributed by atoms with Crippen LogP contribution in [0.5, 0.6) is 0 Å². The maximum Gasteiger partial charge on any atom is 0.135 e. The molecular formula is C60H37NOS2. The lowest BCUT2D eigenvalue weighted by Gasteiger charge is -2.08. The standard InChI is InChI=1S/C60H37NOS2/c1-2-8-48(9-3-1)61-53-12-6-4-10-49(53)51-36-46(26-28-54(51)61)39-16-20-41(21-17-39)58-31-33-60(64-58)59-32-30-57(63-59)40-18-14-38(15-19-40)42-22-23-44-35-45(25-24-43(44)34-42)47-27-29-56-52(37-47)50-11-5-7-13-55(50)62-56/h1-37H. The second-order valence-corrected chi connectivity index (χ2v) is 18.7. The molecule has 0 amide bonds. The number of thiophene rings is 2. The number of para-hydroxylation sites is 3. The quantitative estimate of drug-likeness (QED) is 0.156. The predicted octanol–water partition coefficient (Wildman–Crippen LogP) is 18.0. The summed E-state index contributed by atoms with van der Waals surface area (Å²) in [6, 6.07) is 81.7. The van der Waals surface area contributed by atoms with Crippen molar-refractivity contribution in [2.75, 3.05) is 0 Å². The second-order valence-electron chi connectivity index (χ2n) is 16.5. The molecule has 300 valence electrons. The van der Waals surface area contributed by atoms with Crippen molar-refractivity contribution >= 4 is 77.2 Å². The highest BCUT2D eigenvalue weighted by atomic mass is 32.1. The Hall–Kier alpha value is -7.76. The largest absolute Gasteiger partial charge is 0.456 e. The van der Waals surface area contributed by atoms with Crippen molar-refractivity contribution < 1.29 is 4.42 Å². The first-order valence-electron chi connectivity index (χ1n) is 21.6. The summed E-state index contributed by atoms with van der Waals surface area (Å²) in [5.74, 6) is 0. The molecular weight excluding hydrogens is 815 g/mol. The number of nitrogens with zero attached hydrogens (tertiary/aromatic N) is 1. The maximum absolute atomic E-state index is 6.07. The zero-order valence-electron chi connectivity index (χ0n) is 34.5. The van der Waals surface area contributed by atoms with Crippen molar-refractivity contribution in [2.24, 2.45) is 0 Å². The van der Waals surface area contributed by atoms with Crippen molar-refractivity contribution in [1.82, 2.24) is 4.57 Å². The number of furan rings is 1. The van der Waals surface area contributed by atoms with Crippen LogP contribution in [-0.2, 0) is 0 Å². The van der Waals surface area contributed by atoms with E-state index in [-0.39, 0.29) is 0 Å². The molecule has 0 atom stereocenters. The third kappa shape index (κ3) is 6.30. The molecule has 13 rings (SSSR count). The van der Waals surface area contributed by atoms with Crippen LogP contribution >= 0.6 is 22.7 Å². The van der Waals surface area contributed by atoms with Gasteiger partial charge in [-0.15, -0.1) is 22.7 Å². The monoisotopic (exact) mass is 851 g/mol. The van der Waals surface area contributed by atoms with E-state index in [1.165, 1.54) is 102 Å². The fourth-order valence-corrected chi connectivity index (χ4v) is 11.5. The van der Waals surface area contributed by atoms with E-state index in [1.54, 1.807) is 0 Å². The van der Waals surface area contributed by atoms with Gasteiger partial charge in [-0.25, -0.2) is 0 Å². The molecule has 0 bridgehead atoms. The Balaban J connectivity index is 0.714. The van der Waals surface area contributed by atoms with Gasteiger partial charge in [-0.1, -0.05) is 140 Å². The third-order valence-electron chi connectivity index (χ3n) is 12.7. The van der Waals surface area contributed by atoms with Gasteiger partial charge in [0.1, 0.15) is 11.2 Å². The van der Waals surface area contributed by atoms with Gasteiger partial charge in [0.15, 0.2) is 0 Å². The molecule has 2 nitrogen and oxygen atoms in total. The maximum atomic E-state index is 6.07. The molecule has 4 heteroatoms. The van der Waals surface area contributed by atoms with Gasteiger partial charge in [0.05, 0.1) is 11.0 Å². The van der Waals surface area contributed by atoms with E-state index in [4.69, 9.17) is 4.42 Å². The lowest BCUT2D eigenvalue weighted by molar-refractivity contribution is 0.669. The molecule has 0 fully saturated rings. The number of aromatic nitrogens is 1. The van der Waals surface area contributed by atoms with Crippen LogP contribution < -0.4 is 0 Å². The van der Waals surface area contributed by atoms with Crippen molar-refractivity contribution in [3.63, 3.8) is 0 Å². The fraction of sp³-hybridized carbons (Fsp3) is 0. The van der Waals surface area contributed by atoms with Crippen LogP contribution in [0.15, 0.2) is 229 Å². The summed E-state index contributed by atoms with van der Waals surface area (Å²) in [5.41, 5.74) is 15.2. The van der Waals surface area contributed by atoms with Crippen molar-refractivity contribution in [3.8, 4) is 69.7 Å². The number of hydrogen-bond acceptors (Lipinski definition) is 3. The first-order valence-corrected chi connectivity index (χ1v) is 23.3. The smallest absolute Gasteiger partial charge is 0.135 e. The Morgan fingerprint density at radius 3 is 1.42 bits per heavy atom. The SMILES string of the molecule is c1ccc(-n2c3ccccc3c3cc(-c4ccc(-c5ccc(-c6ccc(-c7ccc(-c8ccc9cc(-c%10ccc%11oc%12ccccc%12c%11c%10)ccc9c8)cc7)s6)s5)cc4)ccc32)cc1. The molecule has 13 aromatic rings. The van der Waals surface area contributed by atoms with E-state index >= 15 is 0 Å². The Kier molecular flexibility index (Phi) is 8.61. The predicted molar refractivity (Wildman–Crippen MR) is 274 cm³/mol. The molecule has 0 unspecified atom stereocenters. The highest BCUT2D eigenvalue weighted by Gasteiger charge is 2.15. The van der Waals surface area contributed by atoms with E-state index in [0.717, 1.165) is 21.9 Å². The number of rotatable bonds is 7. The molecule has 0 spiro atoms. The summed E-state index contributed by atoms with van der Waals surface area (Å²) >= 11 is 3.72. The summed E-state index contributed by atoms with van der Waals surface area (Å²) in [4.78, 5) is 5.14.